The van der Waals surface area contributed by atoms with Crippen molar-refractivity contribution in [2.75, 3.05) is 7.11 Å². The predicted molar refractivity (Wildman–Crippen MR) is 83.3 cm³/mol. The van der Waals surface area contributed by atoms with E-state index in [-0.39, 0.29) is 5.91 Å². The average Bonchev–Trinajstić information content (AvgIpc) is 2.46. The summed E-state index contributed by atoms with van der Waals surface area (Å²) in [6.45, 7) is 0.446. The first kappa shape index (κ1) is 14.9. The summed E-state index contributed by atoms with van der Waals surface area (Å²) >= 11 is 9.28. The topological polar surface area (TPSA) is 38.3 Å². The minimum Gasteiger partial charge on any atom is -0.496 e. The average molecular weight is 355 g/mol. The number of benzene rings is 2. The first-order chi connectivity index (χ1) is 9.60. The monoisotopic (exact) mass is 353 g/mol. The van der Waals surface area contributed by atoms with Crippen LogP contribution in [0.4, 0.5) is 0 Å². The molecule has 0 aromatic heterocycles. The number of hydrogen-bond donors (Lipinski definition) is 1. The standard InChI is InChI=1S/C15H13BrClNO2/c1-20-14-7-6-12(17)8-13(14)15(19)18-9-10-2-4-11(16)5-3-10/h2-8H,9H2,1H3,(H,18,19). The Hall–Kier alpha value is -1.52. The molecule has 5 heteroatoms. The molecular weight excluding hydrogens is 342 g/mol. The second-order valence-electron chi connectivity index (χ2n) is 4.15. The minimum absolute atomic E-state index is 0.215. The lowest BCUT2D eigenvalue weighted by Gasteiger charge is -2.10. The molecule has 0 heterocycles. The van der Waals surface area contributed by atoms with Crippen LogP contribution in [0.3, 0.4) is 0 Å². The van der Waals surface area contributed by atoms with E-state index in [1.54, 1.807) is 18.2 Å². The third kappa shape index (κ3) is 3.74. The van der Waals surface area contributed by atoms with Crippen LogP contribution in [0.2, 0.25) is 5.02 Å². The van der Waals surface area contributed by atoms with Gasteiger partial charge in [-0.1, -0.05) is 39.7 Å². The Morgan fingerprint density at radius 3 is 2.60 bits per heavy atom. The number of hydrogen-bond acceptors (Lipinski definition) is 2. The van der Waals surface area contributed by atoms with Crippen molar-refractivity contribution in [3.63, 3.8) is 0 Å². The van der Waals surface area contributed by atoms with Gasteiger partial charge in [-0.15, -0.1) is 0 Å². The van der Waals surface area contributed by atoms with Crippen LogP contribution in [-0.4, -0.2) is 13.0 Å². The van der Waals surface area contributed by atoms with Gasteiger partial charge < -0.3 is 10.1 Å². The molecular formula is C15H13BrClNO2. The fraction of sp³-hybridized carbons (Fsp3) is 0.133. The summed E-state index contributed by atoms with van der Waals surface area (Å²) in [4.78, 5) is 12.2. The van der Waals surface area contributed by atoms with E-state index in [0.29, 0.717) is 22.9 Å². The van der Waals surface area contributed by atoms with Gasteiger partial charge in [0.25, 0.3) is 5.91 Å². The molecule has 2 aromatic carbocycles. The second kappa shape index (κ2) is 6.77. The highest BCUT2D eigenvalue weighted by molar-refractivity contribution is 9.10. The van der Waals surface area contributed by atoms with Crippen molar-refractivity contribution < 1.29 is 9.53 Å². The number of carbonyl (C=O) groups excluding carboxylic acids is 1. The highest BCUT2D eigenvalue weighted by Crippen LogP contribution is 2.22. The van der Waals surface area contributed by atoms with Gasteiger partial charge in [-0.2, -0.15) is 0 Å². The maximum Gasteiger partial charge on any atom is 0.255 e. The molecule has 0 radical (unpaired) electrons. The molecule has 2 aromatic rings. The summed E-state index contributed by atoms with van der Waals surface area (Å²) in [5.74, 6) is 0.287. The van der Waals surface area contributed by atoms with E-state index in [1.165, 1.54) is 7.11 Å². The van der Waals surface area contributed by atoms with Gasteiger partial charge in [-0.25, -0.2) is 0 Å². The van der Waals surface area contributed by atoms with Gasteiger partial charge in [-0.05, 0) is 35.9 Å². The first-order valence-corrected chi connectivity index (χ1v) is 7.13. The third-order valence-corrected chi connectivity index (χ3v) is 3.54. The maximum atomic E-state index is 12.2. The van der Waals surface area contributed by atoms with Crippen LogP contribution in [0.25, 0.3) is 0 Å². The van der Waals surface area contributed by atoms with Crippen molar-refractivity contribution in [3.05, 3.63) is 63.1 Å². The van der Waals surface area contributed by atoms with Crippen LogP contribution >= 0.6 is 27.5 Å². The van der Waals surface area contributed by atoms with E-state index >= 15 is 0 Å². The Labute approximate surface area is 131 Å². The molecule has 0 aliphatic heterocycles. The van der Waals surface area contributed by atoms with Crippen LogP contribution in [0.15, 0.2) is 46.9 Å². The Morgan fingerprint density at radius 1 is 1.25 bits per heavy atom. The molecule has 0 aliphatic rings. The zero-order chi connectivity index (χ0) is 14.5. The van der Waals surface area contributed by atoms with Gasteiger partial charge in [0.05, 0.1) is 12.7 Å². The molecule has 1 N–H and O–H groups in total. The SMILES string of the molecule is COc1ccc(Cl)cc1C(=O)NCc1ccc(Br)cc1. The van der Waals surface area contributed by atoms with Crippen LogP contribution < -0.4 is 10.1 Å². The summed E-state index contributed by atoms with van der Waals surface area (Å²) in [6.07, 6.45) is 0. The first-order valence-electron chi connectivity index (χ1n) is 5.96. The molecule has 1 amide bonds. The van der Waals surface area contributed by atoms with Gasteiger partial charge in [-0.3, -0.25) is 4.79 Å². The summed E-state index contributed by atoms with van der Waals surface area (Å²) in [5.41, 5.74) is 1.44. The molecule has 3 nitrogen and oxygen atoms in total. The van der Waals surface area contributed by atoms with Gasteiger partial charge in [0.15, 0.2) is 0 Å². The van der Waals surface area contributed by atoms with Crippen LogP contribution in [0.5, 0.6) is 5.75 Å². The molecule has 0 fully saturated rings. The molecule has 0 bridgehead atoms. The van der Waals surface area contributed by atoms with Crippen molar-refractivity contribution in [3.8, 4) is 5.75 Å². The van der Waals surface area contributed by atoms with Crippen molar-refractivity contribution in [1.82, 2.24) is 5.32 Å². The Kier molecular flexibility index (Phi) is 5.04. The normalized spacial score (nSPS) is 10.2. The fourth-order valence-corrected chi connectivity index (χ4v) is 2.17. The van der Waals surface area contributed by atoms with E-state index in [9.17, 15) is 4.79 Å². The van der Waals surface area contributed by atoms with Crippen molar-refractivity contribution in [1.29, 1.82) is 0 Å². The van der Waals surface area contributed by atoms with E-state index in [0.717, 1.165) is 10.0 Å². The Bertz CT molecular complexity index is 614. The number of carbonyl (C=O) groups is 1. The summed E-state index contributed by atoms with van der Waals surface area (Å²) in [6, 6.07) is 12.7. The number of ether oxygens (including phenoxy) is 1. The molecule has 0 saturated carbocycles. The highest BCUT2D eigenvalue weighted by Gasteiger charge is 2.12. The molecule has 0 spiro atoms. The van der Waals surface area contributed by atoms with E-state index in [1.807, 2.05) is 24.3 Å². The predicted octanol–water partition coefficient (Wildman–Crippen LogP) is 4.04. The summed E-state index contributed by atoms with van der Waals surface area (Å²) in [7, 11) is 1.52. The quantitative estimate of drug-likeness (QED) is 0.900. The number of methoxy groups -OCH3 is 1. The van der Waals surface area contributed by atoms with E-state index < -0.39 is 0 Å². The van der Waals surface area contributed by atoms with Crippen molar-refractivity contribution in [2.24, 2.45) is 0 Å². The van der Waals surface area contributed by atoms with Gasteiger partial charge in [0.2, 0.25) is 0 Å². The Morgan fingerprint density at radius 2 is 1.95 bits per heavy atom. The molecule has 20 heavy (non-hydrogen) atoms. The minimum atomic E-state index is -0.215. The van der Waals surface area contributed by atoms with Gasteiger partial charge in [0.1, 0.15) is 5.75 Å². The largest absolute Gasteiger partial charge is 0.496 e. The lowest BCUT2D eigenvalue weighted by molar-refractivity contribution is 0.0948. The lowest BCUT2D eigenvalue weighted by atomic mass is 10.1. The van der Waals surface area contributed by atoms with Crippen molar-refractivity contribution in [2.45, 2.75) is 6.54 Å². The van der Waals surface area contributed by atoms with E-state index in [4.69, 9.17) is 16.3 Å². The van der Waals surface area contributed by atoms with Crippen LogP contribution in [0, 0.1) is 0 Å². The van der Waals surface area contributed by atoms with Gasteiger partial charge >= 0.3 is 0 Å². The summed E-state index contributed by atoms with van der Waals surface area (Å²) < 4.78 is 6.17. The molecule has 2 rings (SSSR count). The number of rotatable bonds is 4. The second-order valence-corrected chi connectivity index (χ2v) is 5.51. The fourth-order valence-electron chi connectivity index (χ4n) is 1.74. The van der Waals surface area contributed by atoms with Crippen LogP contribution in [-0.2, 0) is 6.54 Å². The molecule has 0 aliphatic carbocycles. The zero-order valence-corrected chi connectivity index (χ0v) is 13.2. The summed E-state index contributed by atoms with van der Waals surface area (Å²) in [5, 5.41) is 3.34. The molecule has 104 valence electrons. The maximum absolute atomic E-state index is 12.2. The number of halogens is 2. The molecule has 0 saturated heterocycles. The number of nitrogens with one attached hydrogen (secondary N) is 1. The van der Waals surface area contributed by atoms with Crippen LogP contribution in [0.1, 0.15) is 15.9 Å². The molecule has 0 unspecified atom stereocenters. The zero-order valence-electron chi connectivity index (χ0n) is 10.8. The third-order valence-electron chi connectivity index (χ3n) is 2.77. The number of amides is 1. The van der Waals surface area contributed by atoms with Crippen molar-refractivity contribution >= 4 is 33.4 Å². The van der Waals surface area contributed by atoms with E-state index in [2.05, 4.69) is 21.2 Å². The Balaban J connectivity index is 2.08. The smallest absolute Gasteiger partial charge is 0.255 e. The highest BCUT2D eigenvalue weighted by atomic mass is 79.9. The van der Waals surface area contributed by atoms with Gasteiger partial charge in [0, 0.05) is 16.0 Å². The lowest BCUT2D eigenvalue weighted by Crippen LogP contribution is -2.23. The molecule has 0 atom stereocenters.